The largest absolute Gasteiger partial charge is 0.480 e. The van der Waals surface area contributed by atoms with Crippen LogP contribution in [0.5, 0.6) is 5.88 Å². The summed E-state index contributed by atoms with van der Waals surface area (Å²) in [4.78, 5) is 24.6. The van der Waals surface area contributed by atoms with Crippen molar-refractivity contribution >= 4 is 34.3 Å². The van der Waals surface area contributed by atoms with Gasteiger partial charge in [0, 0.05) is 55.1 Å². The molecule has 258 valence electrons. The van der Waals surface area contributed by atoms with Crippen molar-refractivity contribution in [2.24, 2.45) is 11.5 Å². The molecule has 12 nitrogen and oxygen atoms in total. The lowest BCUT2D eigenvalue weighted by Gasteiger charge is -2.21. The summed E-state index contributed by atoms with van der Waals surface area (Å²) in [5.41, 5.74) is 15.4. The fourth-order valence-electron chi connectivity index (χ4n) is 5.55. The topological polar surface area (TPSA) is 185 Å². The Morgan fingerprint density at radius 2 is 1.96 bits per heavy atom. The molecule has 0 spiro atoms. The SMILES string of the molecule is COc1ncccc1NC[C@@H](CCNC(=N)N)NCc1ccc(-n2cc3cc(-c4cc(CCC[C@H](C)N)cc(Cl)c4F)[nH]c3nc2=O)cc1. The molecule has 5 rings (SSSR count). The lowest BCUT2D eigenvalue weighted by atomic mass is 10.0. The summed E-state index contributed by atoms with van der Waals surface area (Å²) < 4.78 is 22.0. The van der Waals surface area contributed by atoms with Gasteiger partial charge in [-0.1, -0.05) is 23.7 Å². The van der Waals surface area contributed by atoms with Crippen LogP contribution in [0, 0.1) is 11.2 Å². The van der Waals surface area contributed by atoms with Crippen molar-refractivity contribution < 1.29 is 9.13 Å². The summed E-state index contributed by atoms with van der Waals surface area (Å²) in [5.74, 6) is -0.106. The Bertz CT molecular complexity index is 1940. The number of hydrogen-bond donors (Lipinski definition) is 7. The standard InChI is InChI=1S/C35H42ClFN10O2/c1-21(38)5-3-6-23-15-27(31(37)28(36)16-23)30-17-24-20-47(35(48)46-32(24)45-30)26-10-8-22(9-11-26)18-43-25(12-14-42-34(39)40)19-44-29-7-4-13-41-33(29)49-2/h4,7-11,13,15-17,20-21,25,43-44H,3,5-6,12,14,18-19,38H2,1-2H3,(H4,39,40,42)(H,45,46,48)/t21-,25+/m0/s1. The number of guanidine groups is 1. The van der Waals surface area contributed by atoms with Crippen LogP contribution >= 0.6 is 11.6 Å². The molecule has 3 aromatic heterocycles. The van der Waals surface area contributed by atoms with E-state index >= 15 is 4.39 Å². The van der Waals surface area contributed by atoms with Gasteiger partial charge in [0.15, 0.2) is 11.8 Å². The Morgan fingerprint density at radius 1 is 1.16 bits per heavy atom. The second-order valence-corrected chi connectivity index (χ2v) is 12.4. The quantitative estimate of drug-likeness (QED) is 0.0571. The van der Waals surface area contributed by atoms with E-state index in [1.54, 1.807) is 37.7 Å². The number of H-pyrrole nitrogens is 1. The van der Waals surface area contributed by atoms with Crippen molar-refractivity contribution in [2.75, 3.05) is 25.5 Å². The van der Waals surface area contributed by atoms with Crippen molar-refractivity contribution in [1.82, 2.24) is 30.2 Å². The molecule has 2 atom stereocenters. The van der Waals surface area contributed by atoms with Crippen molar-refractivity contribution in [1.29, 1.82) is 5.41 Å². The molecule has 0 saturated heterocycles. The first kappa shape index (κ1) is 35.3. The van der Waals surface area contributed by atoms with Crippen LogP contribution in [0.4, 0.5) is 10.1 Å². The Balaban J connectivity index is 1.29. The number of benzene rings is 2. The fourth-order valence-corrected chi connectivity index (χ4v) is 5.80. The molecule has 14 heteroatoms. The zero-order valence-corrected chi connectivity index (χ0v) is 28.3. The van der Waals surface area contributed by atoms with Gasteiger partial charge in [-0.15, -0.1) is 0 Å². The van der Waals surface area contributed by atoms with E-state index in [1.165, 1.54) is 4.57 Å². The summed E-state index contributed by atoms with van der Waals surface area (Å²) in [6, 6.07) is 16.6. The monoisotopic (exact) mass is 688 g/mol. The van der Waals surface area contributed by atoms with Crippen LogP contribution in [0.2, 0.25) is 5.02 Å². The van der Waals surface area contributed by atoms with Crippen LogP contribution in [-0.2, 0) is 13.0 Å². The average molecular weight is 689 g/mol. The zero-order chi connectivity index (χ0) is 34.9. The predicted octanol–water partition coefficient (Wildman–Crippen LogP) is 4.69. The molecule has 49 heavy (non-hydrogen) atoms. The molecule has 0 aliphatic heterocycles. The van der Waals surface area contributed by atoms with E-state index in [1.807, 2.05) is 43.3 Å². The number of ether oxygens (including phenoxy) is 1. The van der Waals surface area contributed by atoms with Crippen LogP contribution in [0.15, 0.2) is 71.8 Å². The maximum atomic E-state index is 15.2. The second kappa shape index (κ2) is 16.4. The molecule has 0 fully saturated rings. The van der Waals surface area contributed by atoms with E-state index in [9.17, 15) is 4.79 Å². The van der Waals surface area contributed by atoms with Crippen molar-refractivity contribution in [3.05, 3.63) is 99.4 Å². The third-order valence-corrected chi connectivity index (χ3v) is 8.41. The van der Waals surface area contributed by atoms with E-state index in [4.69, 9.17) is 33.2 Å². The van der Waals surface area contributed by atoms with Gasteiger partial charge in [-0.05, 0) is 86.2 Å². The fraction of sp³-hybridized carbons (Fsp3) is 0.314. The molecule has 0 bridgehead atoms. The smallest absolute Gasteiger partial charge is 0.354 e. The summed E-state index contributed by atoms with van der Waals surface area (Å²) >= 11 is 6.27. The molecule has 9 N–H and O–H groups in total. The van der Waals surface area contributed by atoms with E-state index in [0.717, 1.165) is 36.1 Å². The van der Waals surface area contributed by atoms with E-state index < -0.39 is 11.5 Å². The number of anilines is 1. The van der Waals surface area contributed by atoms with Crippen LogP contribution in [0.1, 0.15) is 37.3 Å². The van der Waals surface area contributed by atoms with E-state index in [2.05, 4.69) is 30.9 Å². The summed E-state index contributed by atoms with van der Waals surface area (Å²) in [5, 5.41) is 17.9. The Morgan fingerprint density at radius 3 is 2.69 bits per heavy atom. The Kier molecular flexibility index (Phi) is 11.8. The number of aromatic amines is 1. The molecular weight excluding hydrogens is 647 g/mol. The zero-order valence-electron chi connectivity index (χ0n) is 27.5. The Labute approximate surface area is 289 Å². The van der Waals surface area contributed by atoms with Crippen LogP contribution in [0.3, 0.4) is 0 Å². The van der Waals surface area contributed by atoms with Crippen LogP contribution < -0.4 is 37.8 Å². The highest BCUT2D eigenvalue weighted by Gasteiger charge is 2.16. The maximum absolute atomic E-state index is 15.2. The molecule has 0 unspecified atom stereocenters. The van der Waals surface area contributed by atoms with Crippen LogP contribution in [0.25, 0.3) is 28.0 Å². The summed E-state index contributed by atoms with van der Waals surface area (Å²) in [6.45, 7) is 3.62. The molecule has 0 saturated carbocycles. The first-order valence-corrected chi connectivity index (χ1v) is 16.5. The van der Waals surface area contributed by atoms with Crippen LogP contribution in [-0.4, -0.2) is 57.8 Å². The van der Waals surface area contributed by atoms with Gasteiger partial charge in [0.05, 0.1) is 29.2 Å². The number of halogens is 2. The summed E-state index contributed by atoms with van der Waals surface area (Å²) in [6.07, 6.45) is 6.49. The number of pyridine rings is 1. The second-order valence-electron chi connectivity index (χ2n) is 12.0. The van der Waals surface area contributed by atoms with Gasteiger partial charge in [-0.2, -0.15) is 4.98 Å². The highest BCUT2D eigenvalue weighted by molar-refractivity contribution is 6.31. The highest BCUT2D eigenvalue weighted by atomic mass is 35.5. The number of nitrogens with zero attached hydrogens (tertiary/aromatic N) is 3. The van der Waals surface area contributed by atoms with Gasteiger partial charge in [-0.3, -0.25) is 9.98 Å². The molecule has 0 aliphatic rings. The molecule has 0 radical (unpaired) electrons. The summed E-state index contributed by atoms with van der Waals surface area (Å²) in [7, 11) is 1.57. The Hall–Kier alpha value is -4.98. The number of aryl methyl sites for hydroxylation is 1. The number of aromatic nitrogens is 4. The minimum Gasteiger partial charge on any atom is -0.480 e. The third kappa shape index (κ3) is 9.34. The third-order valence-electron chi connectivity index (χ3n) is 8.13. The van der Waals surface area contributed by atoms with Gasteiger partial charge < -0.3 is 37.1 Å². The number of nitrogens with one attached hydrogen (secondary N) is 5. The lowest BCUT2D eigenvalue weighted by Crippen LogP contribution is -2.40. The minimum atomic E-state index is -0.534. The first-order valence-electron chi connectivity index (χ1n) is 16.1. The van der Waals surface area contributed by atoms with Crippen molar-refractivity contribution in [2.45, 2.75) is 51.2 Å². The number of hydrogen-bond acceptors (Lipinski definition) is 8. The molecular formula is C35H42ClFN10O2. The minimum absolute atomic E-state index is 0.0171. The van der Waals surface area contributed by atoms with Gasteiger partial charge in [0.2, 0.25) is 5.88 Å². The van der Waals surface area contributed by atoms with Gasteiger partial charge >= 0.3 is 5.69 Å². The molecule has 5 aromatic rings. The highest BCUT2D eigenvalue weighted by Crippen LogP contribution is 2.31. The molecule has 0 amide bonds. The van der Waals surface area contributed by atoms with Crippen molar-refractivity contribution in [3.8, 4) is 22.8 Å². The van der Waals surface area contributed by atoms with Gasteiger partial charge in [0.1, 0.15) is 5.65 Å². The number of methoxy groups -OCH3 is 1. The average Bonchev–Trinajstić information content (AvgIpc) is 3.49. The van der Waals surface area contributed by atoms with Crippen molar-refractivity contribution in [3.63, 3.8) is 0 Å². The molecule has 3 heterocycles. The van der Waals surface area contributed by atoms with E-state index in [0.29, 0.717) is 59.9 Å². The first-order chi connectivity index (χ1) is 23.6. The molecule has 2 aromatic carbocycles. The van der Waals surface area contributed by atoms with Gasteiger partial charge in [-0.25, -0.2) is 14.2 Å². The van der Waals surface area contributed by atoms with E-state index in [-0.39, 0.29) is 23.1 Å². The number of nitrogens with two attached hydrogens (primary N) is 2. The van der Waals surface area contributed by atoms with Gasteiger partial charge in [0.25, 0.3) is 0 Å². The normalized spacial score (nSPS) is 12.5. The number of fused-ring (bicyclic) bond motifs is 1. The maximum Gasteiger partial charge on any atom is 0.354 e. The predicted molar refractivity (Wildman–Crippen MR) is 193 cm³/mol. The number of rotatable bonds is 16. The molecule has 0 aliphatic carbocycles. The lowest BCUT2D eigenvalue weighted by molar-refractivity contribution is 0.399.